The molecule has 3 aromatic rings. The molecule has 0 heterocycles. The molecule has 3 aromatic carbocycles. The molecule has 184 valence electrons. The van der Waals surface area contributed by atoms with Crippen LogP contribution in [0.3, 0.4) is 0 Å². The van der Waals surface area contributed by atoms with Crippen LogP contribution in [0.4, 0.5) is 0 Å². The van der Waals surface area contributed by atoms with E-state index in [1.807, 2.05) is 106 Å². The number of amides is 2. The molecule has 0 bridgehead atoms. The lowest BCUT2D eigenvalue weighted by Gasteiger charge is -2.33. The summed E-state index contributed by atoms with van der Waals surface area (Å²) in [7, 11) is 0. The SMILES string of the molecule is CCc1ccc(OCC(=O)N(Cc2ccccc2)C(Cc2ccccc2)C(=O)NC(C)(C)C)cc1. The van der Waals surface area contributed by atoms with Gasteiger partial charge in [-0.2, -0.15) is 0 Å². The molecule has 0 spiro atoms. The Labute approximate surface area is 209 Å². The average molecular weight is 473 g/mol. The van der Waals surface area contributed by atoms with Crippen LogP contribution in [0.1, 0.15) is 44.4 Å². The second-order valence-corrected chi connectivity index (χ2v) is 9.74. The minimum Gasteiger partial charge on any atom is -0.484 e. The quantitative estimate of drug-likeness (QED) is 0.442. The van der Waals surface area contributed by atoms with Crippen LogP contribution < -0.4 is 10.1 Å². The third-order valence-electron chi connectivity index (χ3n) is 5.66. The molecule has 0 saturated heterocycles. The van der Waals surface area contributed by atoms with Crippen LogP contribution in [0.5, 0.6) is 5.75 Å². The van der Waals surface area contributed by atoms with E-state index in [1.54, 1.807) is 4.90 Å². The van der Waals surface area contributed by atoms with Crippen LogP contribution in [0, 0.1) is 0 Å². The van der Waals surface area contributed by atoms with Gasteiger partial charge in [0.15, 0.2) is 6.61 Å². The molecule has 1 atom stereocenters. The van der Waals surface area contributed by atoms with Gasteiger partial charge in [0.25, 0.3) is 5.91 Å². The fourth-order valence-electron chi connectivity index (χ4n) is 3.84. The first kappa shape index (κ1) is 26.0. The Morgan fingerprint density at radius 2 is 1.40 bits per heavy atom. The molecule has 0 aliphatic heterocycles. The Morgan fingerprint density at radius 3 is 1.94 bits per heavy atom. The van der Waals surface area contributed by atoms with Gasteiger partial charge >= 0.3 is 0 Å². The van der Waals surface area contributed by atoms with E-state index in [0.717, 1.165) is 17.5 Å². The molecule has 0 radical (unpaired) electrons. The first-order valence-electron chi connectivity index (χ1n) is 12.2. The highest BCUT2D eigenvalue weighted by Crippen LogP contribution is 2.18. The maximum Gasteiger partial charge on any atom is 0.261 e. The summed E-state index contributed by atoms with van der Waals surface area (Å²) in [6.45, 7) is 8.08. The molecular weight excluding hydrogens is 436 g/mol. The second-order valence-electron chi connectivity index (χ2n) is 9.74. The summed E-state index contributed by atoms with van der Waals surface area (Å²) in [6.07, 6.45) is 1.35. The van der Waals surface area contributed by atoms with E-state index < -0.39 is 11.6 Å². The fraction of sp³-hybridized carbons (Fsp3) is 0.333. The Hall–Kier alpha value is -3.60. The van der Waals surface area contributed by atoms with Crippen molar-refractivity contribution in [2.45, 2.75) is 58.7 Å². The zero-order valence-corrected chi connectivity index (χ0v) is 21.2. The molecule has 1 N–H and O–H groups in total. The van der Waals surface area contributed by atoms with E-state index in [9.17, 15) is 9.59 Å². The highest BCUT2D eigenvalue weighted by molar-refractivity contribution is 5.89. The number of benzene rings is 3. The van der Waals surface area contributed by atoms with Gasteiger partial charge in [0.05, 0.1) is 0 Å². The smallest absolute Gasteiger partial charge is 0.261 e. The van der Waals surface area contributed by atoms with Crippen molar-refractivity contribution in [3.63, 3.8) is 0 Å². The first-order valence-corrected chi connectivity index (χ1v) is 12.2. The van der Waals surface area contributed by atoms with Crippen molar-refractivity contribution in [3.05, 3.63) is 102 Å². The Kier molecular flexibility index (Phi) is 9.07. The number of carbonyl (C=O) groups is 2. The molecule has 35 heavy (non-hydrogen) atoms. The molecule has 3 rings (SSSR count). The maximum atomic E-state index is 13.6. The van der Waals surface area contributed by atoms with Crippen molar-refractivity contribution < 1.29 is 14.3 Å². The van der Waals surface area contributed by atoms with Crippen LogP contribution >= 0.6 is 0 Å². The lowest BCUT2D eigenvalue weighted by Crippen LogP contribution is -2.55. The van der Waals surface area contributed by atoms with Crippen LogP contribution in [0.2, 0.25) is 0 Å². The minimum absolute atomic E-state index is 0.146. The third kappa shape index (κ3) is 8.29. The fourth-order valence-corrected chi connectivity index (χ4v) is 3.84. The summed E-state index contributed by atoms with van der Waals surface area (Å²) in [5.74, 6) is 0.213. The van der Waals surface area contributed by atoms with Crippen molar-refractivity contribution >= 4 is 11.8 Å². The standard InChI is InChI=1S/C30H36N2O3/c1-5-23-16-18-26(19-17-23)35-22-28(33)32(21-25-14-10-7-11-15-25)27(29(34)31-30(2,3)4)20-24-12-8-6-9-13-24/h6-19,27H,5,20-22H2,1-4H3,(H,31,34). The molecular formula is C30H36N2O3. The number of nitrogens with zero attached hydrogens (tertiary/aromatic N) is 1. The number of rotatable bonds is 10. The zero-order valence-electron chi connectivity index (χ0n) is 21.2. The number of ether oxygens (including phenoxy) is 1. The third-order valence-corrected chi connectivity index (χ3v) is 5.66. The highest BCUT2D eigenvalue weighted by Gasteiger charge is 2.32. The summed E-state index contributed by atoms with van der Waals surface area (Å²) in [6, 6.07) is 26.6. The average Bonchev–Trinajstić information content (AvgIpc) is 2.85. The topological polar surface area (TPSA) is 58.6 Å². The van der Waals surface area contributed by atoms with E-state index in [-0.39, 0.29) is 18.4 Å². The van der Waals surface area contributed by atoms with E-state index in [0.29, 0.717) is 18.7 Å². The van der Waals surface area contributed by atoms with Gasteiger partial charge in [0.1, 0.15) is 11.8 Å². The Bertz CT molecular complexity index is 1070. The molecule has 5 heteroatoms. The van der Waals surface area contributed by atoms with Crippen LogP contribution in [0.15, 0.2) is 84.9 Å². The van der Waals surface area contributed by atoms with Gasteiger partial charge in [-0.3, -0.25) is 9.59 Å². The first-order chi connectivity index (χ1) is 16.7. The monoisotopic (exact) mass is 472 g/mol. The molecule has 0 aliphatic carbocycles. The molecule has 0 saturated carbocycles. The summed E-state index contributed by atoms with van der Waals surface area (Å²) in [5.41, 5.74) is 2.72. The molecule has 0 fully saturated rings. The lowest BCUT2D eigenvalue weighted by atomic mass is 10.0. The van der Waals surface area contributed by atoms with Gasteiger partial charge in [0.2, 0.25) is 5.91 Å². The van der Waals surface area contributed by atoms with Gasteiger partial charge in [-0.15, -0.1) is 0 Å². The molecule has 5 nitrogen and oxygen atoms in total. The Balaban J connectivity index is 1.88. The number of hydrogen-bond donors (Lipinski definition) is 1. The van der Waals surface area contributed by atoms with Crippen LogP contribution in [-0.4, -0.2) is 34.9 Å². The van der Waals surface area contributed by atoms with E-state index in [4.69, 9.17) is 4.74 Å². The number of nitrogens with one attached hydrogen (secondary N) is 1. The summed E-state index contributed by atoms with van der Waals surface area (Å²) < 4.78 is 5.84. The molecule has 1 unspecified atom stereocenters. The number of hydrogen-bond acceptors (Lipinski definition) is 3. The normalized spacial score (nSPS) is 12.0. The van der Waals surface area contributed by atoms with Gasteiger partial charge < -0.3 is 15.0 Å². The summed E-state index contributed by atoms with van der Waals surface area (Å²) >= 11 is 0. The minimum atomic E-state index is -0.685. The maximum absolute atomic E-state index is 13.6. The van der Waals surface area contributed by atoms with Gasteiger partial charge in [-0.25, -0.2) is 0 Å². The lowest BCUT2D eigenvalue weighted by molar-refractivity contribution is -0.143. The van der Waals surface area contributed by atoms with Gasteiger partial charge in [-0.1, -0.05) is 79.7 Å². The molecule has 0 aliphatic rings. The van der Waals surface area contributed by atoms with E-state index in [2.05, 4.69) is 12.2 Å². The predicted octanol–water partition coefficient (Wildman–Crippen LogP) is 5.18. The van der Waals surface area contributed by atoms with E-state index >= 15 is 0 Å². The zero-order chi connectivity index (χ0) is 25.3. The number of carbonyl (C=O) groups excluding carboxylic acids is 2. The second kappa shape index (κ2) is 12.2. The van der Waals surface area contributed by atoms with Gasteiger partial charge in [-0.05, 0) is 56.0 Å². The Morgan fingerprint density at radius 1 is 0.829 bits per heavy atom. The highest BCUT2D eigenvalue weighted by atomic mass is 16.5. The predicted molar refractivity (Wildman–Crippen MR) is 140 cm³/mol. The van der Waals surface area contributed by atoms with Crippen molar-refractivity contribution in [2.24, 2.45) is 0 Å². The summed E-state index contributed by atoms with van der Waals surface area (Å²) in [4.78, 5) is 28.7. The number of aryl methyl sites for hydroxylation is 1. The van der Waals surface area contributed by atoms with Crippen molar-refractivity contribution in [1.82, 2.24) is 10.2 Å². The van der Waals surface area contributed by atoms with Crippen molar-refractivity contribution in [2.75, 3.05) is 6.61 Å². The van der Waals surface area contributed by atoms with E-state index in [1.165, 1.54) is 5.56 Å². The molecule has 2 amide bonds. The van der Waals surface area contributed by atoms with Crippen molar-refractivity contribution in [1.29, 1.82) is 0 Å². The summed E-state index contributed by atoms with van der Waals surface area (Å²) in [5, 5.41) is 3.07. The van der Waals surface area contributed by atoms with Crippen LogP contribution in [-0.2, 0) is 29.0 Å². The van der Waals surface area contributed by atoms with Gasteiger partial charge in [0, 0.05) is 18.5 Å². The van der Waals surface area contributed by atoms with Crippen LogP contribution in [0.25, 0.3) is 0 Å². The van der Waals surface area contributed by atoms with Crippen molar-refractivity contribution in [3.8, 4) is 5.75 Å². The largest absolute Gasteiger partial charge is 0.484 e. The molecule has 0 aromatic heterocycles.